The fraction of sp³-hybridized carbons (Fsp3) is 0.200. The molecule has 3 aromatic rings. The first-order valence-corrected chi connectivity index (χ1v) is 7.48. The molecular formula is C20H17N3. The third-order valence-electron chi connectivity index (χ3n) is 3.61. The van der Waals surface area contributed by atoms with Crippen LogP contribution in [0.3, 0.4) is 0 Å². The van der Waals surface area contributed by atoms with Crippen LogP contribution in [-0.2, 0) is 5.54 Å². The van der Waals surface area contributed by atoms with Crippen LogP contribution in [0.5, 0.6) is 0 Å². The van der Waals surface area contributed by atoms with Gasteiger partial charge in [-0.2, -0.15) is 5.26 Å². The highest BCUT2D eigenvalue weighted by atomic mass is 15.1. The second-order valence-corrected chi connectivity index (χ2v) is 6.41. The Balaban J connectivity index is 2.10. The van der Waals surface area contributed by atoms with Gasteiger partial charge < -0.3 is 4.57 Å². The van der Waals surface area contributed by atoms with Crippen molar-refractivity contribution in [2.45, 2.75) is 26.3 Å². The summed E-state index contributed by atoms with van der Waals surface area (Å²) in [5, 5.41) is 10.2. The summed E-state index contributed by atoms with van der Waals surface area (Å²) in [7, 11) is 0. The number of nitriles is 1. The van der Waals surface area contributed by atoms with Crippen molar-refractivity contribution in [1.82, 2.24) is 9.55 Å². The molecule has 0 radical (unpaired) electrons. The summed E-state index contributed by atoms with van der Waals surface area (Å²) in [6, 6.07) is 14.0. The Labute approximate surface area is 136 Å². The molecule has 3 nitrogen and oxygen atoms in total. The van der Waals surface area contributed by atoms with Crippen molar-refractivity contribution in [2.75, 3.05) is 0 Å². The SMILES string of the molecule is CC(C)(C)n1cc(C#N)c2cc(C#Cc3ccccc3)cnc21. The number of hydrogen-bond acceptors (Lipinski definition) is 2. The van der Waals surface area contributed by atoms with Crippen molar-refractivity contribution >= 4 is 11.0 Å². The molecule has 2 aromatic heterocycles. The summed E-state index contributed by atoms with van der Waals surface area (Å²) in [5.41, 5.74) is 3.09. The van der Waals surface area contributed by atoms with E-state index in [1.807, 2.05) is 47.2 Å². The van der Waals surface area contributed by atoms with E-state index in [-0.39, 0.29) is 5.54 Å². The summed E-state index contributed by atoms with van der Waals surface area (Å²) in [6.45, 7) is 6.29. The molecule has 112 valence electrons. The second-order valence-electron chi connectivity index (χ2n) is 6.41. The van der Waals surface area contributed by atoms with Crippen LogP contribution in [0.25, 0.3) is 11.0 Å². The maximum Gasteiger partial charge on any atom is 0.141 e. The topological polar surface area (TPSA) is 41.6 Å². The number of hydrogen-bond donors (Lipinski definition) is 0. The van der Waals surface area contributed by atoms with Gasteiger partial charge in [-0.3, -0.25) is 0 Å². The van der Waals surface area contributed by atoms with Crippen LogP contribution in [-0.4, -0.2) is 9.55 Å². The molecule has 0 unspecified atom stereocenters. The van der Waals surface area contributed by atoms with Crippen molar-refractivity contribution in [3.63, 3.8) is 0 Å². The molecule has 0 aliphatic carbocycles. The third kappa shape index (κ3) is 2.96. The molecule has 0 spiro atoms. The summed E-state index contributed by atoms with van der Waals surface area (Å²) in [5.74, 6) is 6.24. The molecule has 1 aromatic carbocycles. The standard InChI is InChI=1S/C20H17N3/c1-20(2,3)23-14-17(12-21)18-11-16(13-22-19(18)23)10-9-15-7-5-4-6-8-15/h4-8,11,13-14H,1-3H3. The molecule has 3 rings (SSSR count). The average Bonchev–Trinajstić information content (AvgIpc) is 2.92. The molecule has 0 fully saturated rings. The predicted molar refractivity (Wildman–Crippen MR) is 91.9 cm³/mol. The highest BCUT2D eigenvalue weighted by molar-refractivity contribution is 5.84. The van der Waals surface area contributed by atoms with Crippen molar-refractivity contribution < 1.29 is 0 Å². The zero-order valence-corrected chi connectivity index (χ0v) is 13.5. The summed E-state index contributed by atoms with van der Waals surface area (Å²) in [4.78, 5) is 4.54. The maximum atomic E-state index is 9.39. The summed E-state index contributed by atoms with van der Waals surface area (Å²) in [6.07, 6.45) is 3.63. The van der Waals surface area contributed by atoms with Gasteiger partial charge in [0.2, 0.25) is 0 Å². The van der Waals surface area contributed by atoms with E-state index in [2.05, 4.69) is 43.7 Å². The summed E-state index contributed by atoms with van der Waals surface area (Å²) >= 11 is 0. The van der Waals surface area contributed by atoms with Crippen LogP contribution in [0.15, 0.2) is 48.8 Å². The normalized spacial score (nSPS) is 10.9. The quantitative estimate of drug-likeness (QED) is 0.587. The van der Waals surface area contributed by atoms with Crippen LogP contribution in [0.4, 0.5) is 0 Å². The molecule has 0 saturated heterocycles. The maximum absolute atomic E-state index is 9.39. The van der Waals surface area contributed by atoms with Crippen LogP contribution in [0.2, 0.25) is 0 Å². The molecule has 0 bridgehead atoms. The smallest absolute Gasteiger partial charge is 0.141 e. The highest BCUT2D eigenvalue weighted by Crippen LogP contribution is 2.26. The zero-order chi connectivity index (χ0) is 16.4. The minimum atomic E-state index is -0.127. The molecule has 3 heteroatoms. The van der Waals surface area contributed by atoms with Gasteiger partial charge in [0.1, 0.15) is 11.7 Å². The summed E-state index contributed by atoms with van der Waals surface area (Å²) < 4.78 is 2.04. The van der Waals surface area contributed by atoms with Crippen LogP contribution in [0.1, 0.15) is 37.5 Å². The van der Waals surface area contributed by atoms with Gasteiger partial charge in [0.25, 0.3) is 0 Å². The first kappa shape index (κ1) is 14.9. The fourth-order valence-corrected chi connectivity index (χ4v) is 2.44. The Hall–Kier alpha value is -3.04. The van der Waals surface area contributed by atoms with Crippen LogP contribution in [0, 0.1) is 23.2 Å². The molecule has 0 N–H and O–H groups in total. The Kier molecular flexibility index (Phi) is 3.64. The molecule has 0 aliphatic heterocycles. The first-order chi connectivity index (χ1) is 11.0. The van der Waals surface area contributed by atoms with Gasteiger partial charge in [0.05, 0.1) is 5.56 Å². The van der Waals surface area contributed by atoms with Gasteiger partial charge >= 0.3 is 0 Å². The zero-order valence-electron chi connectivity index (χ0n) is 13.5. The van der Waals surface area contributed by atoms with E-state index in [9.17, 15) is 5.26 Å². The first-order valence-electron chi connectivity index (χ1n) is 7.48. The highest BCUT2D eigenvalue weighted by Gasteiger charge is 2.19. The monoisotopic (exact) mass is 299 g/mol. The third-order valence-corrected chi connectivity index (χ3v) is 3.61. The molecular weight excluding hydrogens is 282 g/mol. The molecule has 0 saturated carbocycles. The minimum Gasteiger partial charge on any atom is -0.326 e. The van der Waals surface area contributed by atoms with E-state index in [1.165, 1.54) is 0 Å². The average molecular weight is 299 g/mol. The van der Waals surface area contributed by atoms with E-state index < -0.39 is 0 Å². The molecule has 0 amide bonds. The molecule has 0 atom stereocenters. The van der Waals surface area contributed by atoms with Gasteiger partial charge in [0, 0.05) is 34.4 Å². The van der Waals surface area contributed by atoms with Gasteiger partial charge in [-0.25, -0.2) is 4.98 Å². The van der Waals surface area contributed by atoms with Crippen LogP contribution < -0.4 is 0 Å². The van der Waals surface area contributed by atoms with Gasteiger partial charge in [-0.15, -0.1) is 0 Å². The number of rotatable bonds is 0. The van der Waals surface area contributed by atoms with E-state index in [4.69, 9.17) is 0 Å². The Morgan fingerprint density at radius 2 is 1.74 bits per heavy atom. The predicted octanol–water partition coefficient (Wildman–Crippen LogP) is 4.06. The lowest BCUT2D eigenvalue weighted by molar-refractivity contribution is 0.408. The molecule has 0 aliphatic rings. The van der Waals surface area contributed by atoms with Gasteiger partial charge in [-0.05, 0) is 39.0 Å². The Bertz CT molecular complexity index is 956. The lowest BCUT2D eigenvalue weighted by Crippen LogP contribution is -2.20. The number of aromatic nitrogens is 2. The fourth-order valence-electron chi connectivity index (χ4n) is 2.44. The van der Waals surface area contributed by atoms with Gasteiger partial charge in [-0.1, -0.05) is 30.0 Å². The largest absolute Gasteiger partial charge is 0.326 e. The molecule has 2 heterocycles. The van der Waals surface area contributed by atoms with Crippen molar-refractivity contribution in [1.29, 1.82) is 5.26 Å². The number of nitrogens with zero attached hydrogens (tertiary/aromatic N) is 3. The number of benzene rings is 1. The number of pyridine rings is 1. The van der Waals surface area contributed by atoms with E-state index in [1.54, 1.807) is 6.20 Å². The second kappa shape index (κ2) is 5.63. The lowest BCUT2D eigenvalue weighted by Gasteiger charge is -2.21. The van der Waals surface area contributed by atoms with Crippen LogP contribution >= 0.6 is 0 Å². The minimum absolute atomic E-state index is 0.127. The van der Waals surface area contributed by atoms with E-state index in [0.29, 0.717) is 5.56 Å². The molecule has 23 heavy (non-hydrogen) atoms. The van der Waals surface area contributed by atoms with E-state index >= 15 is 0 Å². The van der Waals surface area contributed by atoms with Crippen molar-refractivity contribution in [3.05, 3.63) is 65.5 Å². The van der Waals surface area contributed by atoms with Crippen molar-refractivity contribution in [3.8, 4) is 17.9 Å². The Morgan fingerprint density at radius 3 is 2.39 bits per heavy atom. The van der Waals surface area contributed by atoms with E-state index in [0.717, 1.165) is 22.2 Å². The Morgan fingerprint density at radius 1 is 1.04 bits per heavy atom. The van der Waals surface area contributed by atoms with Gasteiger partial charge in [0.15, 0.2) is 0 Å². The number of fused-ring (bicyclic) bond motifs is 1. The lowest BCUT2D eigenvalue weighted by atomic mass is 10.1. The van der Waals surface area contributed by atoms with Crippen molar-refractivity contribution in [2.24, 2.45) is 0 Å².